The molecule has 75 heavy (non-hydrogen) atoms. The maximum Gasteiger partial charge on any atom is 0.236 e. The molecule has 0 radical (unpaired) electrons. The van der Waals surface area contributed by atoms with Gasteiger partial charge in [-0.25, -0.2) is 28.7 Å². The minimum atomic E-state index is -0.277. The van der Waals surface area contributed by atoms with Gasteiger partial charge in [-0.15, -0.1) is 21.5 Å². The van der Waals surface area contributed by atoms with E-state index < -0.39 is 0 Å². The average molecular weight is 1120 g/mol. The number of aromatic nitrogens is 8. The lowest BCUT2D eigenvalue weighted by Crippen LogP contribution is -2.49. The van der Waals surface area contributed by atoms with Gasteiger partial charge in [0.1, 0.15) is 23.3 Å². The zero-order chi connectivity index (χ0) is 53.1. The van der Waals surface area contributed by atoms with Crippen LogP contribution in [0.1, 0.15) is 25.2 Å². The summed E-state index contributed by atoms with van der Waals surface area (Å²) < 4.78 is 31.5. The molecule has 8 aromatic rings. The number of benzene rings is 2. The lowest BCUT2D eigenvalue weighted by Gasteiger charge is -2.35. The second-order valence-corrected chi connectivity index (χ2v) is 21.9. The summed E-state index contributed by atoms with van der Waals surface area (Å²) in [5, 5.41) is 13.5. The van der Waals surface area contributed by atoms with Crippen molar-refractivity contribution < 1.29 is 18.4 Å². The van der Waals surface area contributed by atoms with Gasteiger partial charge in [-0.3, -0.25) is 19.4 Å². The van der Waals surface area contributed by atoms with E-state index in [4.69, 9.17) is 30.1 Å². The third-order valence-corrected chi connectivity index (χ3v) is 16.0. The molecular weight excluding hydrogens is 1060 g/mol. The van der Waals surface area contributed by atoms with Crippen molar-refractivity contribution in [2.24, 2.45) is 0 Å². The number of fused-ring (bicyclic) bond motifs is 2. The molecule has 2 amide bonds. The third-order valence-electron chi connectivity index (χ3n) is 13.3. The molecule has 0 bridgehead atoms. The number of aryl methyl sites for hydroxylation is 2. The summed E-state index contributed by atoms with van der Waals surface area (Å²) in [5.74, 6) is 3.20. The molecule has 0 N–H and O–H groups in total. The van der Waals surface area contributed by atoms with Gasteiger partial charge in [0, 0.05) is 111 Å². The molecule has 18 nitrogen and oxygen atoms in total. The van der Waals surface area contributed by atoms with Crippen LogP contribution in [0.4, 0.5) is 42.3 Å². The number of nitrogens with zero attached hydrogens (tertiary/aromatic N) is 16. The van der Waals surface area contributed by atoms with Crippen LogP contribution < -0.4 is 19.6 Å². The molecule has 0 atom stereocenters. The number of anilines is 6. The first-order valence-corrected chi connectivity index (χ1v) is 27.3. The van der Waals surface area contributed by atoms with Crippen LogP contribution >= 0.6 is 38.6 Å². The van der Waals surface area contributed by atoms with Crippen LogP contribution in [0.2, 0.25) is 0 Å². The van der Waals surface area contributed by atoms with Gasteiger partial charge in [-0.05, 0) is 102 Å². The Morgan fingerprint density at radius 3 is 1.45 bits per heavy atom. The van der Waals surface area contributed by atoms with Gasteiger partial charge in [0.05, 0.1) is 39.7 Å². The number of halogens is 3. The fraction of sp³-hybridized carbons (Fsp3) is 0.385. The Balaban J connectivity index is 0.000000184. The van der Waals surface area contributed by atoms with Gasteiger partial charge >= 0.3 is 0 Å². The Morgan fingerprint density at radius 2 is 1.01 bits per heavy atom. The smallest absolute Gasteiger partial charge is 0.236 e. The first-order chi connectivity index (χ1) is 36.1. The zero-order valence-corrected chi connectivity index (χ0v) is 46.6. The molecule has 10 rings (SSSR count). The van der Waals surface area contributed by atoms with Crippen LogP contribution in [0.15, 0.2) is 82.0 Å². The Hall–Kier alpha value is -6.66. The van der Waals surface area contributed by atoms with Crippen molar-refractivity contribution in [2.75, 3.05) is 127 Å². The van der Waals surface area contributed by atoms with E-state index in [9.17, 15) is 18.4 Å². The van der Waals surface area contributed by atoms with E-state index >= 15 is 0 Å². The van der Waals surface area contributed by atoms with Gasteiger partial charge in [0.25, 0.3) is 0 Å². The van der Waals surface area contributed by atoms with Gasteiger partial charge < -0.3 is 29.4 Å². The van der Waals surface area contributed by atoms with Crippen LogP contribution in [0.25, 0.3) is 33.8 Å². The maximum atomic E-state index is 13.4. The van der Waals surface area contributed by atoms with Crippen LogP contribution in [-0.4, -0.2) is 178 Å². The van der Waals surface area contributed by atoms with Crippen molar-refractivity contribution in [1.29, 1.82) is 0 Å². The highest BCUT2D eigenvalue weighted by Crippen LogP contribution is 2.40. The van der Waals surface area contributed by atoms with E-state index in [-0.39, 0.29) is 23.4 Å². The molecule has 0 unspecified atom stereocenters. The molecule has 0 spiro atoms. The van der Waals surface area contributed by atoms with E-state index in [1.165, 1.54) is 46.9 Å². The van der Waals surface area contributed by atoms with Crippen LogP contribution in [0.5, 0.6) is 0 Å². The number of hydrogen-bond donors (Lipinski definition) is 0. The Kier molecular flexibility index (Phi) is 16.4. The summed E-state index contributed by atoms with van der Waals surface area (Å²) in [6.45, 7) is 11.4. The van der Waals surface area contributed by atoms with E-state index in [1.807, 2.05) is 62.6 Å². The quantitative estimate of drug-likeness (QED) is 0.104. The highest BCUT2D eigenvalue weighted by molar-refractivity contribution is 9.11. The van der Waals surface area contributed by atoms with Gasteiger partial charge in [-0.2, -0.15) is 9.03 Å². The SMILES string of the molecule is CCc1nc2ccc(N3CCN(CC(=O)N(C)C)CC3)nn2c1N(C)c1nc(-c2ccc(F)cc2)c(Br)s1.CCc1nc2ccc(N3CCN(CC(=O)N(C)C)CC3)nn2c1N(C)c1nc(-c2ccc(F)cc2)cs1. The summed E-state index contributed by atoms with van der Waals surface area (Å²) in [6, 6.07) is 20.8. The first-order valence-electron chi connectivity index (χ1n) is 24.8. The van der Waals surface area contributed by atoms with Crippen LogP contribution in [-0.2, 0) is 22.4 Å². The zero-order valence-electron chi connectivity index (χ0n) is 43.4. The molecule has 2 fully saturated rings. The Labute approximate surface area is 451 Å². The Bertz CT molecular complexity index is 3270. The molecule has 6 aromatic heterocycles. The molecule has 2 aliphatic heterocycles. The molecular formula is C52H61BrF2N16O2S2. The summed E-state index contributed by atoms with van der Waals surface area (Å²) in [5.41, 5.74) is 6.72. The van der Waals surface area contributed by atoms with Crippen molar-refractivity contribution in [3.8, 4) is 22.5 Å². The summed E-state index contributed by atoms with van der Waals surface area (Å²) in [4.78, 5) is 59.7. The number of carbonyl (C=O) groups excluding carboxylic acids is 2. The van der Waals surface area contributed by atoms with Crippen molar-refractivity contribution >= 4 is 95.2 Å². The number of rotatable bonds is 14. The van der Waals surface area contributed by atoms with Crippen LogP contribution in [0.3, 0.4) is 0 Å². The third kappa shape index (κ3) is 11.8. The lowest BCUT2D eigenvalue weighted by atomic mass is 10.2. The molecule has 23 heteroatoms. The molecule has 8 heterocycles. The highest BCUT2D eigenvalue weighted by atomic mass is 79.9. The number of piperazine rings is 2. The predicted octanol–water partition coefficient (Wildman–Crippen LogP) is 7.83. The summed E-state index contributed by atoms with van der Waals surface area (Å²) in [6.07, 6.45) is 1.50. The summed E-state index contributed by atoms with van der Waals surface area (Å²) >= 11 is 6.68. The predicted molar refractivity (Wildman–Crippen MR) is 298 cm³/mol. The van der Waals surface area contributed by atoms with E-state index in [0.29, 0.717) is 13.1 Å². The number of thiazole rings is 2. The van der Waals surface area contributed by atoms with Crippen molar-refractivity contribution in [2.45, 2.75) is 26.7 Å². The molecule has 2 aromatic carbocycles. The molecule has 2 saturated heterocycles. The standard InChI is InChI=1S/C26H30BrFN8OS.C26H31FN8OS/c1-5-19-25(33(4)26-30-23(24(27)38-26)17-6-8-18(28)9-7-17)36-20(29-19)10-11-21(31-36)35-14-12-34(13-15-35)16-22(37)32(2)3;1-5-20-25(32(4)26-29-21(17-37-26)18-6-8-19(27)9-7-18)35-22(28-20)10-11-23(30-35)34-14-12-33(13-15-34)16-24(36)31(2)3/h6-11H,5,12-16H2,1-4H3;6-11,17H,5,12-16H2,1-4H3. The minimum Gasteiger partial charge on any atom is -0.353 e. The van der Waals surface area contributed by atoms with Crippen molar-refractivity contribution in [1.82, 2.24) is 58.8 Å². The fourth-order valence-electron chi connectivity index (χ4n) is 8.91. The molecule has 2 aliphatic rings. The van der Waals surface area contributed by atoms with E-state index in [1.54, 1.807) is 62.3 Å². The topological polar surface area (TPSA) is 146 Å². The second-order valence-electron chi connectivity index (χ2n) is 18.8. The number of likely N-dealkylation sites (N-methyl/N-ethyl adjacent to an activating group) is 2. The largest absolute Gasteiger partial charge is 0.353 e. The van der Waals surface area contributed by atoms with Crippen molar-refractivity contribution in [3.63, 3.8) is 0 Å². The van der Waals surface area contributed by atoms with Gasteiger partial charge in [0.15, 0.2) is 33.2 Å². The van der Waals surface area contributed by atoms with E-state index in [2.05, 4.69) is 49.4 Å². The molecule has 394 valence electrons. The van der Waals surface area contributed by atoms with Gasteiger partial charge in [-0.1, -0.05) is 25.2 Å². The van der Waals surface area contributed by atoms with Gasteiger partial charge in [0.2, 0.25) is 11.8 Å². The van der Waals surface area contributed by atoms with Crippen LogP contribution in [0, 0.1) is 11.6 Å². The highest BCUT2D eigenvalue weighted by Gasteiger charge is 2.27. The normalized spacial score (nSPS) is 14.3. The molecule has 0 saturated carbocycles. The minimum absolute atomic E-state index is 0.118. The summed E-state index contributed by atoms with van der Waals surface area (Å²) in [7, 11) is 11.1. The average Bonchev–Trinajstić information content (AvgIpc) is 4.24. The molecule has 0 aliphatic carbocycles. The van der Waals surface area contributed by atoms with E-state index in [0.717, 1.165) is 148 Å². The lowest BCUT2D eigenvalue weighted by molar-refractivity contribution is -0.130. The maximum absolute atomic E-state index is 13.4. The number of imidazole rings is 2. The Morgan fingerprint density at radius 1 is 0.573 bits per heavy atom. The number of amides is 2. The van der Waals surface area contributed by atoms with Crippen molar-refractivity contribution in [3.05, 3.63) is 105 Å². The first kappa shape index (κ1) is 53.2. The monoisotopic (exact) mass is 1120 g/mol. The number of hydrogen-bond acceptors (Lipinski definition) is 16. The number of carbonyl (C=O) groups is 2. The second kappa shape index (κ2) is 23.1. The fourth-order valence-corrected chi connectivity index (χ4v) is 11.2.